The van der Waals surface area contributed by atoms with Gasteiger partial charge in [0.2, 0.25) is 10.0 Å². The maximum Gasteiger partial charge on any atom is 0.349 e. The lowest BCUT2D eigenvalue weighted by Crippen LogP contribution is -2.39. The largest absolute Gasteiger partial charge is 0.465 e. The van der Waals surface area contributed by atoms with E-state index in [1.807, 2.05) is 13.8 Å². The maximum atomic E-state index is 13.0. The first kappa shape index (κ1) is 16.5. The fraction of sp³-hybridized carbons (Fsp3) is 0.643. The molecule has 1 aliphatic rings. The number of aryl methyl sites for hydroxylation is 1. The zero-order valence-electron chi connectivity index (χ0n) is 12.8. The van der Waals surface area contributed by atoms with Gasteiger partial charge in [-0.05, 0) is 36.6 Å². The van der Waals surface area contributed by atoms with Crippen LogP contribution in [-0.4, -0.2) is 38.4 Å². The second kappa shape index (κ2) is 6.06. The van der Waals surface area contributed by atoms with E-state index in [0.717, 1.165) is 24.2 Å². The minimum atomic E-state index is -3.66. The molecule has 0 saturated carbocycles. The van der Waals surface area contributed by atoms with Gasteiger partial charge in [-0.1, -0.05) is 13.8 Å². The quantitative estimate of drug-likeness (QED) is 0.796. The number of thiophene rings is 1. The Morgan fingerprint density at radius 2 is 2.14 bits per heavy atom. The Bertz CT molecular complexity index is 633. The van der Waals surface area contributed by atoms with E-state index < -0.39 is 16.0 Å². The summed E-state index contributed by atoms with van der Waals surface area (Å²) >= 11 is 1.12. The number of ether oxygens (including phenoxy) is 1. The molecule has 0 aromatic carbocycles. The summed E-state index contributed by atoms with van der Waals surface area (Å²) in [6.45, 7) is 6.29. The second-order valence-corrected chi connectivity index (χ2v) is 8.34. The fourth-order valence-electron chi connectivity index (χ4n) is 2.84. The summed E-state index contributed by atoms with van der Waals surface area (Å²) in [5.41, 5.74) is 0.606. The highest BCUT2D eigenvalue weighted by atomic mass is 32.2. The first-order valence-corrected chi connectivity index (χ1v) is 9.31. The number of rotatable bonds is 4. The zero-order chi connectivity index (χ0) is 15.8. The summed E-state index contributed by atoms with van der Waals surface area (Å²) in [7, 11) is -2.40. The summed E-state index contributed by atoms with van der Waals surface area (Å²) in [6.07, 6.45) is 1.73. The van der Waals surface area contributed by atoms with Gasteiger partial charge in [-0.15, -0.1) is 11.3 Å². The van der Waals surface area contributed by atoms with Gasteiger partial charge in [-0.3, -0.25) is 0 Å². The van der Waals surface area contributed by atoms with Crippen molar-refractivity contribution in [1.82, 2.24) is 4.31 Å². The van der Waals surface area contributed by atoms with Gasteiger partial charge in [0.25, 0.3) is 0 Å². The van der Waals surface area contributed by atoms with Crippen LogP contribution in [0.15, 0.2) is 10.3 Å². The van der Waals surface area contributed by atoms with Crippen LogP contribution in [0.1, 0.15) is 41.9 Å². The third-order valence-electron chi connectivity index (χ3n) is 3.87. The summed E-state index contributed by atoms with van der Waals surface area (Å²) in [6, 6.07) is -0.000188. The van der Waals surface area contributed by atoms with E-state index in [2.05, 4.69) is 0 Å². The number of hydrogen-bond acceptors (Lipinski definition) is 5. The highest BCUT2D eigenvalue weighted by molar-refractivity contribution is 7.89. The number of sulfonamides is 1. The molecule has 1 saturated heterocycles. The van der Waals surface area contributed by atoms with Crippen LogP contribution in [0.25, 0.3) is 0 Å². The highest BCUT2D eigenvalue weighted by Crippen LogP contribution is 2.35. The van der Waals surface area contributed by atoms with Gasteiger partial charge in [0.05, 0.1) is 7.11 Å². The molecule has 2 heterocycles. The topological polar surface area (TPSA) is 63.7 Å². The molecule has 1 atom stereocenters. The number of esters is 1. The van der Waals surface area contributed by atoms with Gasteiger partial charge < -0.3 is 4.74 Å². The van der Waals surface area contributed by atoms with Crippen molar-refractivity contribution < 1.29 is 17.9 Å². The van der Waals surface area contributed by atoms with Crippen molar-refractivity contribution in [2.45, 2.75) is 44.6 Å². The van der Waals surface area contributed by atoms with Crippen molar-refractivity contribution in [3.8, 4) is 0 Å². The Hall–Kier alpha value is -0.920. The van der Waals surface area contributed by atoms with Gasteiger partial charge in [-0.25, -0.2) is 13.2 Å². The van der Waals surface area contributed by atoms with Gasteiger partial charge in [-0.2, -0.15) is 4.31 Å². The van der Waals surface area contributed by atoms with E-state index in [-0.39, 0.29) is 21.7 Å². The molecule has 0 amide bonds. The average Bonchev–Trinajstić information content (AvgIpc) is 3.04. The lowest BCUT2D eigenvalue weighted by atomic mass is 10.0. The zero-order valence-corrected chi connectivity index (χ0v) is 14.4. The highest BCUT2D eigenvalue weighted by Gasteiger charge is 2.40. The van der Waals surface area contributed by atoms with E-state index in [1.54, 1.807) is 16.6 Å². The van der Waals surface area contributed by atoms with Gasteiger partial charge in [0.1, 0.15) is 9.77 Å². The average molecular weight is 331 g/mol. The third kappa shape index (κ3) is 2.86. The van der Waals surface area contributed by atoms with E-state index >= 15 is 0 Å². The monoisotopic (exact) mass is 331 g/mol. The van der Waals surface area contributed by atoms with E-state index in [4.69, 9.17) is 4.74 Å². The lowest BCUT2D eigenvalue weighted by Gasteiger charge is -2.27. The van der Waals surface area contributed by atoms with Gasteiger partial charge >= 0.3 is 5.97 Å². The SMILES string of the molecule is COC(=O)c1scc(C)c1S(=O)(=O)N1CCCC1C(C)C. The second-order valence-electron chi connectivity index (χ2n) is 5.64. The lowest BCUT2D eigenvalue weighted by molar-refractivity contribution is 0.0602. The van der Waals surface area contributed by atoms with Crippen LogP contribution in [0.4, 0.5) is 0 Å². The van der Waals surface area contributed by atoms with Crippen molar-refractivity contribution in [1.29, 1.82) is 0 Å². The van der Waals surface area contributed by atoms with Crippen molar-refractivity contribution in [3.63, 3.8) is 0 Å². The molecule has 7 heteroatoms. The molecule has 2 rings (SSSR count). The predicted molar refractivity (Wildman–Crippen MR) is 82.1 cm³/mol. The molecule has 1 aromatic rings. The molecule has 118 valence electrons. The minimum Gasteiger partial charge on any atom is -0.465 e. The third-order valence-corrected chi connectivity index (χ3v) is 7.19. The van der Waals surface area contributed by atoms with Crippen LogP contribution in [0.2, 0.25) is 0 Å². The molecular weight excluding hydrogens is 310 g/mol. The van der Waals surface area contributed by atoms with Crippen LogP contribution in [-0.2, 0) is 14.8 Å². The van der Waals surface area contributed by atoms with Crippen LogP contribution in [0, 0.1) is 12.8 Å². The number of carbonyl (C=O) groups excluding carboxylic acids is 1. The number of hydrogen-bond donors (Lipinski definition) is 0. The molecule has 1 aromatic heterocycles. The molecule has 1 unspecified atom stereocenters. The molecule has 5 nitrogen and oxygen atoms in total. The molecule has 0 bridgehead atoms. The summed E-state index contributed by atoms with van der Waals surface area (Å²) in [5, 5.41) is 1.69. The van der Waals surface area contributed by atoms with Crippen LogP contribution in [0.5, 0.6) is 0 Å². The van der Waals surface area contributed by atoms with Crippen molar-refractivity contribution >= 4 is 27.3 Å². The van der Waals surface area contributed by atoms with Crippen molar-refractivity contribution in [3.05, 3.63) is 15.8 Å². The number of methoxy groups -OCH3 is 1. The van der Waals surface area contributed by atoms with Gasteiger partial charge in [0.15, 0.2) is 0 Å². The number of nitrogens with zero attached hydrogens (tertiary/aromatic N) is 1. The smallest absolute Gasteiger partial charge is 0.349 e. The Kier molecular flexibility index (Phi) is 4.75. The van der Waals surface area contributed by atoms with E-state index in [9.17, 15) is 13.2 Å². The Balaban J connectivity index is 2.50. The molecule has 0 N–H and O–H groups in total. The molecule has 0 spiro atoms. The Morgan fingerprint density at radius 3 is 2.71 bits per heavy atom. The molecular formula is C14H21NO4S2. The van der Waals surface area contributed by atoms with E-state index in [0.29, 0.717) is 12.1 Å². The predicted octanol–water partition coefficient (Wildman–Crippen LogP) is 2.65. The molecule has 1 fully saturated rings. The first-order valence-electron chi connectivity index (χ1n) is 6.99. The minimum absolute atomic E-state index is 0.000188. The molecule has 0 aliphatic carbocycles. The van der Waals surface area contributed by atoms with Gasteiger partial charge in [0, 0.05) is 12.6 Å². The van der Waals surface area contributed by atoms with Crippen molar-refractivity contribution in [2.75, 3.05) is 13.7 Å². The summed E-state index contributed by atoms with van der Waals surface area (Å²) in [5.74, 6) is -0.338. The normalized spacial score (nSPS) is 20.1. The van der Waals surface area contributed by atoms with Crippen LogP contribution < -0.4 is 0 Å². The molecule has 0 radical (unpaired) electrons. The standard InChI is InChI=1S/C14H21NO4S2/c1-9(2)11-6-5-7-15(11)21(17,18)13-10(3)8-20-12(13)14(16)19-4/h8-9,11H,5-7H2,1-4H3. The fourth-order valence-corrected chi connectivity index (χ4v) is 6.32. The van der Waals surface area contributed by atoms with E-state index in [1.165, 1.54) is 7.11 Å². The molecule has 1 aliphatic heterocycles. The Morgan fingerprint density at radius 1 is 1.48 bits per heavy atom. The van der Waals surface area contributed by atoms with Crippen LogP contribution in [0.3, 0.4) is 0 Å². The summed E-state index contributed by atoms with van der Waals surface area (Å²) < 4.78 is 32.3. The number of carbonyl (C=O) groups is 1. The van der Waals surface area contributed by atoms with Crippen molar-refractivity contribution in [2.24, 2.45) is 5.92 Å². The Labute approximate surface area is 130 Å². The maximum absolute atomic E-state index is 13.0. The summed E-state index contributed by atoms with van der Waals surface area (Å²) in [4.78, 5) is 12.1. The molecule has 21 heavy (non-hydrogen) atoms. The first-order chi connectivity index (χ1) is 9.80. The van der Waals surface area contributed by atoms with Crippen LogP contribution >= 0.6 is 11.3 Å².